The van der Waals surface area contributed by atoms with E-state index < -0.39 is 0 Å². The number of thioether (sulfide) groups is 1. The van der Waals surface area contributed by atoms with E-state index in [9.17, 15) is 0 Å². The molecule has 0 spiro atoms. The SMILES string of the molecule is CN=C(NCCSc1ccccc1)NCc1coc(-c2cccs2)n1.I. The molecule has 3 rings (SSSR count). The zero-order valence-corrected chi connectivity index (χ0v) is 18.3. The lowest BCUT2D eigenvalue weighted by Gasteiger charge is -2.10. The lowest BCUT2D eigenvalue weighted by molar-refractivity contribution is 0.573. The Morgan fingerprint density at radius 3 is 2.77 bits per heavy atom. The minimum absolute atomic E-state index is 0. The number of thiophene rings is 1. The van der Waals surface area contributed by atoms with Crippen LogP contribution in [0.25, 0.3) is 10.8 Å². The molecule has 0 fully saturated rings. The van der Waals surface area contributed by atoms with E-state index >= 15 is 0 Å². The maximum Gasteiger partial charge on any atom is 0.236 e. The molecule has 0 unspecified atom stereocenters. The van der Waals surface area contributed by atoms with Gasteiger partial charge in [-0.3, -0.25) is 4.99 Å². The number of nitrogens with zero attached hydrogens (tertiary/aromatic N) is 2. The first-order chi connectivity index (χ1) is 12.3. The molecular weight excluding hydrogens is 479 g/mol. The summed E-state index contributed by atoms with van der Waals surface area (Å²) in [4.78, 5) is 11.0. The molecule has 2 heterocycles. The first kappa shape index (κ1) is 20.8. The lowest BCUT2D eigenvalue weighted by Crippen LogP contribution is -2.38. The van der Waals surface area contributed by atoms with E-state index in [1.807, 2.05) is 35.3 Å². The fraction of sp³-hybridized carbons (Fsp3) is 0.222. The normalized spacial score (nSPS) is 11.0. The molecule has 26 heavy (non-hydrogen) atoms. The van der Waals surface area contributed by atoms with Gasteiger partial charge in [0.1, 0.15) is 6.26 Å². The number of halogens is 1. The van der Waals surface area contributed by atoms with Crippen LogP contribution in [0.4, 0.5) is 0 Å². The largest absolute Gasteiger partial charge is 0.443 e. The number of oxazole rings is 1. The summed E-state index contributed by atoms with van der Waals surface area (Å²) in [5.74, 6) is 2.39. The van der Waals surface area contributed by atoms with Gasteiger partial charge < -0.3 is 15.1 Å². The van der Waals surface area contributed by atoms with Crippen molar-refractivity contribution >= 4 is 53.0 Å². The minimum atomic E-state index is 0. The maximum absolute atomic E-state index is 5.52. The Morgan fingerprint density at radius 1 is 1.19 bits per heavy atom. The van der Waals surface area contributed by atoms with Gasteiger partial charge in [0.2, 0.25) is 5.89 Å². The van der Waals surface area contributed by atoms with Crippen molar-refractivity contribution in [1.82, 2.24) is 15.6 Å². The first-order valence-corrected chi connectivity index (χ1v) is 9.82. The Balaban J connectivity index is 0.00000243. The molecule has 2 aromatic heterocycles. The minimum Gasteiger partial charge on any atom is -0.443 e. The van der Waals surface area contributed by atoms with Gasteiger partial charge in [0, 0.05) is 24.2 Å². The van der Waals surface area contributed by atoms with Crippen LogP contribution in [0.5, 0.6) is 0 Å². The third kappa shape index (κ3) is 6.33. The number of aliphatic imine (C=N–C) groups is 1. The highest BCUT2D eigenvalue weighted by Crippen LogP contribution is 2.23. The summed E-state index contributed by atoms with van der Waals surface area (Å²) in [6.45, 7) is 1.40. The summed E-state index contributed by atoms with van der Waals surface area (Å²) < 4.78 is 5.52. The van der Waals surface area contributed by atoms with Crippen LogP contribution in [-0.4, -0.2) is 30.3 Å². The molecule has 1 aromatic carbocycles. The molecule has 0 atom stereocenters. The zero-order chi connectivity index (χ0) is 17.3. The summed E-state index contributed by atoms with van der Waals surface area (Å²) in [5, 5.41) is 8.57. The molecule has 0 saturated heterocycles. The van der Waals surface area contributed by atoms with Gasteiger partial charge in [0.15, 0.2) is 5.96 Å². The van der Waals surface area contributed by atoms with Gasteiger partial charge in [0.25, 0.3) is 0 Å². The molecule has 8 heteroatoms. The predicted molar refractivity (Wildman–Crippen MR) is 121 cm³/mol. The standard InChI is InChI=1S/C18H20N4OS2.HI/c1-19-18(20-9-11-24-15-6-3-2-4-7-15)21-12-14-13-23-17(22-14)16-8-5-10-25-16;/h2-8,10,13H,9,11-12H2,1H3,(H2,19,20,21);1H. The number of hydrogen-bond donors (Lipinski definition) is 2. The van der Waals surface area contributed by atoms with Crippen molar-refractivity contribution in [1.29, 1.82) is 0 Å². The number of guanidine groups is 1. The number of rotatable bonds is 7. The van der Waals surface area contributed by atoms with Gasteiger partial charge in [-0.2, -0.15) is 0 Å². The van der Waals surface area contributed by atoms with Crippen molar-refractivity contribution in [2.24, 2.45) is 4.99 Å². The fourth-order valence-electron chi connectivity index (χ4n) is 2.15. The van der Waals surface area contributed by atoms with E-state index in [2.05, 4.69) is 44.9 Å². The second-order valence-electron chi connectivity index (χ2n) is 5.14. The van der Waals surface area contributed by atoms with Crippen LogP contribution >= 0.6 is 47.1 Å². The highest BCUT2D eigenvalue weighted by Gasteiger charge is 2.08. The quantitative estimate of drug-likeness (QED) is 0.165. The van der Waals surface area contributed by atoms with Gasteiger partial charge in [0.05, 0.1) is 17.1 Å². The Morgan fingerprint density at radius 2 is 2.04 bits per heavy atom. The molecular formula is C18H21IN4OS2. The van der Waals surface area contributed by atoms with Crippen LogP contribution in [0.15, 0.2) is 68.4 Å². The topological polar surface area (TPSA) is 62.5 Å². The highest BCUT2D eigenvalue weighted by atomic mass is 127. The van der Waals surface area contributed by atoms with E-state index in [1.54, 1.807) is 24.6 Å². The molecule has 3 aromatic rings. The molecule has 0 radical (unpaired) electrons. The number of aromatic nitrogens is 1. The third-order valence-electron chi connectivity index (χ3n) is 3.35. The van der Waals surface area contributed by atoms with Crippen molar-refractivity contribution < 1.29 is 4.42 Å². The number of hydrogen-bond acceptors (Lipinski definition) is 5. The molecule has 0 saturated carbocycles. The van der Waals surface area contributed by atoms with E-state index in [0.717, 1.165) is 28.8 Å². The van der Waals surface area contributed by atoms with Crippen molar-refractivity contribution in [2.75, 3.05) is 19.3 Å². The Labute approximate surface area is 178 Å². The van der Waals surface area contributed by atoms with Crippen molar-refractivity contribution in [2.45, 2.75) is 11.4 Å². The van der Waals surface area contributed by atoms with Crippen LogP contribution in [0.2, 0.25) is 0 Å². The number of nitrogens with one attached hydrogen (secondary N) is 2. The summed E-state index contributed by atoms with van der Waals surface area (Å²) in [6, 6.07) is 14.4. The first-order valence-electron chi connectivity index (χ1n) is 7.96. The summed E-state index contributed by atoms with van der Waals surface area (Å²) in [5.41, 5.74) is 0.852. The predicted octanol–water partition coefficient (Wildman–Crippen LogP) is 4.48. The van der Waals surface area contributed by atoms with Gasteiger partial charge in [-0.25, -0.2) is 4.98 Å². The molecule has 0 aliphatic rings. The van der Waals surface area contributed by atoms with Crippen LogP contribution in [0.3, 0.4) is 0 Å². The maximum atomic E-state index is 5.52. The highest BCUT2D eigenvalue weighted by molar-refractivity contribution is 14.0. The summed E-state index contributed by atoms with van der Waals surface area (Å²) in [7, 11) is 1.76. The second-order valence-corrected chi connectivity index (χ2v) is 7.25. The van der Waals surface area contributed by atoms with E-state index in [1.165, 1.54) is 4.90 Å². The monoisotopic (exact) mass is 500 g/mol. The van der Waals surface area contributed by atoms with Crippen LogP contribution < -0.4 is 10.6 Å². The van der Waals surface area contributed by atoms with Crippen LogP contribution in [-0.2, 0) is 6.54 Å². The van der Waals surface area contributed by atoms with Crippen molar-refractivity contribution in [3.63, 3.8) is 0 Å². The van der Waals surface area contributed by atoms with Gasteiger partial charge in [-0.1, -0.05) is 24.3 Å². The zero-order valence-electron chi connectivity index (χ0n) is 14.3. The fourth-order valence-corrected chi connectivity index (χ4v) is 3.60. The van der Waals surface area contributed by atoms with Crippen molar-refractivity contribution in [3.05, 3.63) is 59.8 Å². The smallest absolute Gasteiger partial charge is 0.236 e. The van der Waals surface area contributed by atoms with E-state index in [-0.39, 0.29) is 24.0 Å². The average Bonchev–Trinajstić information content (AvgIpc) is 3.33. The number of benzene rings is 1. The Bertz CT molecular complexity index is 791. The summed E-state index contributed by atoms with van der Waals surface area (Å²) in [6.07, 6.45) is 1.68. The molecule has 5 nitrogen and oxygen atoms in total. The van der Waals surface area contributed by atoms with Gasteiger partial charge >= 0.3 is 0 Å². The molecule has 138 valence electrons. The summed E-state index contributed by atoms with van der Waals surface area (Å²) >= 11 is 3.43. The van der Waals surface area contributed by atoms with Crippen molar-refractivity contribution in [3.8, 4) is 10.8 Å². The molecule has 0 amide bonds. The van der Waals surface area contributed by atoms with Gasteiger partial charge in [-0.05, 0) is 23.6 Å². The lowest BCUT2D eigenvalue weighted by atomic mass is 10.4. The molecule has 0 aliphatic carbocycles. The third-order valence-corrected chi connectivity index (χ3v) is 5.22. The molecule has 0 aliphatic heterocycles. The molecule has 0 bridgehead atoms. The van der Waals surface area contributed by atoms with Crippen LogP contribution in [0, 0.1) is 0 Å². The second kappa shape index (κ2) is 11.2. The average molecular weight is 500 g/mol. The Hall–Kier alpha value is -1.52. The van der Waals surface area contributed by atoms with E-state index in [4.69, 9.17) is 4.42 Å². The molecule has 2 N–H and O–H groups in total. The van der Waals surface area contributed by atoms with Crippen LogP contribution in [0.1, 0.15) is 5.69 Å². The Kier molecular flexibility index (Phi) is 8.99. The van der Waals surface area contributed by atoms with E-state index in [0.29, 0.717) is 12.4 Å². The van der Waals surface area contributed by atoms with Gasteiger partial charge in [-0.15, -0.1) is 47.1 Å².